The lowest BCUT2D eigenvalue weighted by Crippen LogP contribution is -1.92. The molecule has 142 valence electrons. The Kier molecular flexibility index (Phi) is 19.2. The smallest absolute Gasteiger partial charge is 0.303 e. The first-order valence-corrected chi connectivity index (χ1v) is 10.1. The summed E-state index contributed by atoms with van der Waals surface area (Å²) < 4.78 is 0. The molecular weight excluding hydrogens is 308 g/mol. The number of carboxylic acids is 1. The maximum absolute atomic E-state index is 10.3. The molecule has 0 rings (SSSR count). The number of allylic oxidation sites excluding steroid dienone is 8. The average molecular weight is 347 g/mol. The second kappa shape index (κ2) is 20.5. The van der Waals surface area contributed by atoms with E-state index in [0.717, 1.165) is 32.1 Å². The fourth-order valence-corrected chi connectivity index (χ4v) is 2.46. The van der Waals surface area contributed by atoms with Gasteiger partial charge in [-0.15, -0.1) is 0 Å². The van der Waals surface area contributed by atoms with E-state index in [2.05, 4.69) is 55.5 Å². The minimum absolute atomic E-state index is 0.262. The van der Waals surface area contributed by atoms with Gasteiger partial charge in [0.05, 0.1) is 0 Å². The predicted molar refractivity (Wildman–Crippen MR) is 110 cm³/mol. The fourth-order valence-electron chi connectivity index (χ4n) is 2.46. The Hall–Kier alpha value is -1.57. The van der Waals surface area contributed by atoms with Crippen molar-refractivity contribution >= 4 is 5.97 Å². The van der Waals surface area contributed by atoms with Crippen molar-refractivity contribution in [2.45, 2.75) is 90.4 Å². The third-order valence-corrected chi connectivity index (χ3v) is 3.97. The van der Waals surface area contributed by atoms with Crippen molar-refractivity contribution in [1.82, 2.24) is 0 Å². The number of aliphatic carboxylic acids is 1. The van der Waals surface area contributed by atoms with Crippen molar-refractivity contribution in [3.8, 4) is 0 Å². The topological polar surface area (TPSA) is 37.3 Å². The highest BCUT2D eigenvalue weighted by molar-refractivity contribution is 5.66. The normalized spacial score (nSPS) is 12.4. The van der Waals surface area contributed by atoms with Gasteiger partial charge in [0.25, 0.3) is 0 Å². The highest BCUT2D eigenvalue weighted by atomic mass is 16.4. The van der Waals surface area contributed by atoms with Crippen molar-refractivity contribution in [1.29, 1.82) is 0 Å². The van der Waals surface area contributed by atoms with Crippen LogP contribution in [0.4, 0.5) is 0 Å². The first-order chi connectivity index (χ1) is 12.3. The van der Waals surface area contributed by atoms with Crippen LogP contribution in [0.25, 0.3) is 0 Å². The van der Waals surface area contributed by atoms with Crippen molar-refractivity contribution in [3.05, 3.63) is 48.6 Å². The zero-order chi connectivity index (χ0) is 18.4. The van der Waals surface area contributed by atoms with Gasteiger partial charge in [-0.05, 0) is 44.9 Å². The minimum atomic E-state index is -0.711. The molecule has 0 saturated carbocycles. The second-order valence-corrected chi connectivity index (χ2v) is 6.44. The van der Waals surface area contributed by atoms with Crippen LogP contribution in [0.15, 0.2) is 48.6 Å². The second-order valence-electron chi connectivity index (χ2n) is 6.44. The van der Waals surface area contributed by atoms with E-state index in [0.29, 0.717) is 0 Å². The largest absolute Gasteiger partial charge is 0.481 e. The van der Waals surface area contributed by atoms with Gasteiger partial charge in [-0.3, -0.25) is 4.79 Å². The Morgan fingerprint density at radius 1 is 0.640 bits per heavy atom. The maximum atomic E-state index is 10.3. The molecule has 0 fully saturated rings. The molecule has 0 saturated heterocycles. The van der Waals surface area contributed by atoms with Gasteiger partial charge in [-0.25, -0.2) is 0 Å². The van der Waals surface area contributed by atoms with Crippen LogP contribution < -0.4 is 0 Å². The van der Waals surface area contributed by atoms with Crippen molar-refractivity contribution in [2.24, 2.45) is 0 Å². The lowest BCUT2D eigenvalue weighted by molar-refractivity contribution is -0.137. The summed E-state index contributed by atoms with van der Waals surface area (Å²) in [7, 11) is 0. The third kappa shape index (κ3) is 22.4. The number of rotatable bonds is 17. The Morgan fingerprint density at radius 2 is 1.08 bits per heavy atom. The monoisotopic (exact) mass is 346 g/mol. The van der Waals surface area contributed by atoms with Gasteiger partial charge in [0.15, 0.2) is 0 Å². The third-order valence-electron chi connectivity index (χ3n) is 3.97. The van der Waals surface area contributed by atoms with Crippen LogP contribution >= 0.6 is 0 Å². The molecule has 0 bridgehead atoms. The highest BCUT2D eigenvalue weighted by Gasteiger charge is 1.92. The van der Waals surface area contributed by atoms with E-state index in [1.807, 2.05) is 0 Å². The van der Waals surface area contributed by atoms with Crippen molar-refractivity contribution < 1.29 is 9.90 Å². The van der Waals surface area contributed by atoms with E-state index in [9.17, 15) is 4.79 Å². The Labute approximate surface area is 155 Å². The molecule has 0 aromatic heterocycles. The number of carbonyl (C=O) groups is 1. The molecule has 0 atom stereocenters. The fraction of sp³-hybridized carbons (Fsp3) is 0.609. The standard InChI is InChI=1S/C23H38O2/c1-2-3-4-5-6-7-8-9-10-11-12-13-14-15-16-17-18-19-20-21-22-23(24)25/h9-10,12-13,15-16,18-19H,2-8,11,14,17,20-22H2,1H3,(H,24,25)/b10-9-,13-12-,16-15-,19-18-. The molecule has 0 aliphatic heterocycles. The molecule has 0 amide bonds. The summed E-state index contributed by atoms with van der Waals surface area (Å²) in [5.74, 6) is -0.711. The average Bonchev–Trinajstić information content (AvgIpc) is 2.60. The van der Waals surface area contributed by atoms with Crippen LogP contribution in [0.3, 0.4) is 0 Å². The summed E-state index contributed by atoms with van der Waals surface area (Å²) in [6.07, 6.45) is 31.8. The molecule has 2 nitrogen and oxygen atoms in total. The molecule has 0 aliphatic carbocycles. The first kappa shape index (κ1) is 23.4. The summed E-state index contributed by atoms with van der Waals surface area (Å²) in [5.41, 5.74) is 0. The van der Waals surface area contributed by atoms with Gasteiger partial charge in [-0.2, -0.15) is 0 Å². The summed E-state index contributed by atoms with van der Waals surface area (Å²) in [5, 5.41) is 8.52. The van der Waals surface area contributed by atoms with Gasteiger partial charge in [0.2, 0.25) is 0 Å². The Morgan fingerprint density at radius 3 is 1.60 bits per heavy atom. The summed E-state index contributed by atoms with van der Waals surface area (Å²) in [6.45, 7) is 2.26. The number of carboxylic acid groups (broad SMARTS) is 1. The molecule has 25 heavy (non-hydrogen) atoms. The number of unbranched alkanes of at least 4 members (excludes halogenated alkanes) is 7. The van der Waals surface area contributed by atoms with Crippen molar-refractivity contribution in [3.63, 3.8) is 0 Å². The van der Waals surface area contributed by atoms with Gasteiger partial charge < -0.3 is 5.11 Å². The predicted octanol–water partition coefficient (Wildman–Crippen LogP) is 7.39. The molecule has 0 aliphatic rings. The van der Waals surface area contributed by atoms with E-state index < -0.39 is 5.97 Å². The summed E-state index contributed by atoms with van der Waals surface area (Å²) in [6, 6.07) is 0. The van der Waals surface area contributed by atoms with Crippen LogP contribution in [0.1, 0.15) is 90.4 Å². The summed E-state index contributed by atoms with van der Waals surface area (Å²) in [4.78, 5) is 10.3. The molecule has 1 N–H and O–H groups in total. The van der Waals surface area contributed by atoms with E-state index in [4.69, 9.17) is 5.11 Å². The number of hydrogen-bond donors (Lipinski definition) is 1. The van der Waals surface area contributed by atoms with Crippen LogP contribution in [-0.4, -0.2) is 11.1 Å². The van der Waals surface area contributed by atoms with Crippen LogP contribution in [0, 0.1) is 0 Å². The quantitative estimate of drug-likeness (QED) is 0.220. The lowest BCUT2D eigenvalue weighted by atomic mass is 10.1. The summed E-state index contributed by atoms with van der Waals surface area (Å²) >= 11 is 0. The van der Waals surface area contributed by atoms with E-state index in [-0.39, 0.29) is 6.42 Å². The van der Waals surface area contributed by atoms with Crippen LogP contribution in [-0.2, 0) is 4.79 Å². The minimum Gasteiger partial charge on any atom is -0.481 e. The van der Waals surface area contributed by atoms with Gasteiger partial charge >= 0.3 is 5.97 Å². The zero-order valence-corrected chi connectivity index (χ0v) is 16.2. The Bertz CT molecular complexity index is 402. The zero-order valence-electron chi connectivity index (χ0n) is 16.2. The molecular formula is C23H38O2. The molecule has 0 unspecified atom stereocenters. The van der Waals surface area contributed by atoms with E-state index in [1.54, 1.807) is 0 Å². The molecule has 0 heterocycles. The molecule has 0 aromatic rings. The molecule has 0 radical (unpaired) electrons. The highest BCUT2D eigenvalue weighted by Crippen LogP contribution is 2.07. The van der Waals surface area contributed by atoms with Crippen LogP contribution in [0.5, 0.6) is 0 Å². The Balaban J connectivity index is 3.37. The van der Waals surface area contributed by atoms with Crippen molar-refractivity contribution in [2.75, 3.05) is 0 Å². The molecule has 0 spiro atoms. The van der Waals surface area contributed by atoms with E-state index in [1.165, 1.54) is 44.9 Å². The maximum Gasteiger partial charge on any atom is 0.303 e. The first-order valence-electron chi connectivity index (χ1n) is 10.1. The molecule has 0 aromatic carbocycles. The van der Waals surface area contributed by atoms with Crippen LogP contribution in [0.2, 0.25) is 0 Å². The molecule has 2 heteroatoms. The lowest BCUT2D eigenvalue weighted by Gasteiger charge is -1.97. The van der Waals surface area contributed by atoms with Gasteiger partial charge in [-0.1, -0.05) is 87.6 Å². The SMILES string of the molecule is CCCCCCCC/C=C\C/C=C\C/C=C\C/C=C\CCCC(=O)O. The van der Waals surface area contributed by atoms with Gasteiger partial charge in [0.1, 0.15) is 0 Å². The van der Waals surface area contributed by atoms with E-state index >= 15 is 0 Å². The van der Waals surface area contributed by atoms with Gasteiger partial charge in [0, 0.05) is 6.42 Å². The number of hydrogen-bond acceptors (Lipinski definition) is 1.